The van der Waals surface area contributed by atoms with Crippen molar-refractivity contribution in [1.29, 1.82) is 0 Å². The maximum absolute atomic E-state index is 6.33. The molecule has 1 aromatic rings. The van der Waals surface area contributed by atoms with Crippen molar-refractivity contribution in [3.8, 4) is 0 Å². The quantitative estimate of drug-likeness (QED) is 0.435. The first kappa shape index (κ1) is 19.9. The second-order valence-electron chi connectivity index (χ2n) is 6.21. The predicted molar refractivity (Wildman–Crippen MR) is 107 cm³/mol. The molecule has 1 aliphatic heterocycles. The van der Waals surface area contributed by atoms with Gasteiger partial charge in [-0.2, -0.15) is 0 Å². The van der Waals surface area contributed by atoms with E-state index in [1.807, 2.05) is 18.2 Å². The summed E-state index contributed by atoms with van der Waals surface area (Å²) in [4.78, 5) is 9.50. The first-order valence-electron chi connectivity index (χ1n) is 9.28. The number of rotatable bonds is 8. The highest BCUT2D eigenvalue weighted by Crippen LogP contribution is 2.25. The highest BCUT2D eigenvalue weighted by atomic mass is 35.5. The van der Waals surface area contributed by atoms with Crippen molar-refractivity contribution < 1.29 is 4.74 Å². The number of hydrogen-bond donors (Lipinski definition) is 1. The van der Waals surface area contributed by atoms with Crippen LogP contribution in [-0.2, 0) is 4.74 Å². The number of piperazine rings is 1. The SMILES string of the molecule is CCNC(=NCCCCCOC)N1CCN(c2ccccc2Cl)CC1. The van der Waals surface area contributed by atoms with Crippen LogP contribution >= 0.6 is 11.6 Å². The minimum absolute atomic E-state index is 0.826. The number of para-hydroxylation sites is 1. The summed E-state index contributed by atoms with van der Waals surface area (Å²) < 4.78 is 5.09. The molecule has 1 N–H and O–H groups in total. The van der Waals surface area contributed by atoms with Crippen LogP contribution in [0.25, 0.3) is 0 Å². The van der Waals surface area contributed by atoms with E-state index in [0.29, 0.717) is 0 Å². The van der Waals surface area contributed by atoms with Gasteiger partial charge in [0.05, 0.1) is 10.7 Å². The molecule has 0 bridgehead atoms. The second-order valence-corrected chi connectivity index (χ2v) is 6.62. The third kappa shape index (κ3) is 6.40. The third-order valence-electron chi connectivity index (χ3n) is 4.38. The van der Waals surface area contributed by atoms with E-state index in [1.54, 1.807) is 7.11 Å². The van der Waals surface area contributed by atoms with Gasteiger partial charge in [-0.1, -0.05) is 23.7 Å². The number of anilines is 1. The molecule has 0 aliphatic carbocycles. The summed E-state index contributed by atoms with van der Waals surface area (Å²) in [6.45, 7) is 8.57. The lowest BCUT2D eigenvalue weighted by Gasteiger charge is -2.38. The summed E-state index contributed by atoms with van der Waals surface area (Å²) in [6, 6.07) is 8.07. The Labute approximate surface area is 157 Å². The van der Waals surface area contributed by atoms with E-state index in [0.717, 1.165) is 81.8 Å². The Bertz CT molecular complexity index is 530. The van der Waals surface area contributed by atoms with E-state index in [-0.39, 0.29) is 0 Å². The van der Waals surface area contributed by atoms with Gasteiger partial charge in [0, 0.05) is 53.0 Å². The Morgan fingerprint density at radius 2 is 1.92 bits per heavy atom. The molecular weight excluding hydrogens is 336 g/mol. The second kappa shape index (κ2) is 11.2. The van der Waals surface area contributed by atoms with Crippen molar-refractivity contribution >= 4 is 23.2 Å². The summed E-state index contributed by atoms with van der Waals surface area (Å²) in [5.74, 6) is 1.04. The number of ether oxygens (including phenoxy) is 1. The zero-order chi connectivity index (χ0) is 17.9. The number of hydrogen-bond acceptors (Lipinski definition) is 3. The number of guanidine groups is 1. The van der Waals surface area contributed by atoms with Crippen LogP contribution < -0.4 is 10.2 Å². The molecule has 140 valence electrons. The highest BCUT2D eigenvalue weighted by molar-refractivity contribution is 6.33. The summed E-state index contributed by atoms with van der Waals surface area (Å²) >= 11 is 6.33. The van der Waals surface area contributed by atoms with Gasteiger partial charge in [-0.3, -0.25) is 4.99 Å². The number of nitrogens with one attached hydrogen (secondary N) is 1. The van der Waals surface area contributed by atoms with Crippen molar-refractivity contribution in [2.75, 3.05) is 57.9 Å². The van der Waals surface area contributed by atoms with Crippen LogP contribution in [0.15, 0.2) is 29.3 Å². The van der Waals surface area contributed by atoms with Crippen LogP contribution in [0.4, 0.5) is 5.69 Å². The Hall–Kier alpha value is -1.46. The summed E-state index contributed by atoms with van der Waals surface area (Å²) in [7, 11) is 1.75. The first-order valence-corrected chi connectivity index (χ1v) is 9.65. The van der Waals surface area contributed by atoms with Gasteiger partial charge in [0.25, 0.3) is 0 Å². The van der Waals surface area contributed by atoms with Gasteiger partial charge >= 0.3 is 0 Å². The molecule has 1 aromatic carbocycles. The Morgan fingerprint density at radius 3 is 2.60 bits per heavy atom. The molecule has 1 fully saturated rings. The summed E-state index contributed by atoms with van der Waals surface area (Å²) in [5, 5.41) is 4.25. The van der Waals surface area contributed by atoms with E-state index >= 15 is 0 Å². The number of halogens is 1. The van der Waals surface area contributed by atoms with Crippen molar-refractivity contribution in [1.82, 2.24) is 10.2 Å². The highest BCUT2D eigenvalue weighted by Gasteiger charge is 2.20. The number of aliphatic imine (C=N–C) groups is 1. The molecule has 2 rings (SSSR count). The van der Waals surface area contributed by atoms with Crippen LogP contribution in [-0.4, -0.2) is 63.8 Å². The maximum Gasteiger partial charge on any atom is 0.194 e. The number of nitrogens with zero attached hydrogens (tertiary/aromatic N) is 3. The van der Waals surface area contributed by atoms with Crippen LogP contribution in [0.5, 0.6) is 0 Å². The largest absolute Gasteiger partial charge is 0.385 e. The van der Waals surface area contributed by atoms with Gasteiger partial charge in [-0.15, -0.1) is 0 Å². The molecule has 0 unspecified atom stereocenters. The van der Waals surface area contributed by atoms with E-state index in [1.165, 1.54) is 0 Å². The lowest BCUT2D eigenvalue weighted by Crippen LogP contribution is -2.52. The van der Waals surface area contributed by atoms with E-state index in [2.05, 4.69) is 28.1 Å². The Kier molecular flexibility index (Phi) is 8.91. The van der Waals surface area contributed by atoms with Crippen LogP contribution in [0.2, 0.25) is 5.02 Å². The maximum atomic E-state index is 6.33. The first-order chi connectivity index (χ1) is 12.3. The predicted octanol–water partition coefficient (Wildman–Crippen LogP) is 3.24. The normalized spacial score (nSPS) is 15.6. The molecule has 6 heteroatoms. The fraction of sp³-hybridized carbons (Fsp3) is 0.632. The molecule has 1 saturated heterocycles. The molecular formula is C19H31ClN4O. The van der Waals surface area contributed by atoms with Gasteiger partial charge in [-0.05, 0) is 38.3 Å². The van der Waals surface area contributed by atoms with E-state index < -0.39 is 0 Å². The third-order valence-corrected chi connectivity index (χ3v) is 4.69. The van der Waals surface area contributed by atoms with Crippen molar-refractivity contribution in [2.24, 2.45) is 4.99 Å². The Morgan fingerprint density at radius 1 is 1.16 bits per heavy atom. The standard InChI is InChI=1S/C19H31ClN4O/c1-3-21-19(22-11-7-4-8-16-25-2)24-14-12-23(13-15-24)18-10-6-5-9-17(18)20/h5-6,9-10H,3-4,7-8,11-16H2,1-2H3,(H,21,22). The average molecular weight is 367 g/mol. The zero-order valence-electron chi connectivity index (χ0n) is 15.5. The molecule has 25 heavy (non-hydrogen) atoms. The topological polar surface area (TPSA) is 40.1 Å². The summed E-state index contributed by atoms with van der Waals surface area (Å²) in [5.41, 5.74) is 1.13. The van der Waals surface area contributed by atoms with Gasteiger partial charge in [-0.25, -0.2) is 0 Å². The van der Waals surface area contributed by atoms with E-state index in [4.69, 9.17) is 21.3 Å². The molecule has 0 atom stereocenters. The van der Waals surface area contributed by atoms with Gasteiger partial charge in [0.1, 0.15) is 0 Å². The zero-order valence-corrected chi connectivity index (χ0v) is 16.3. The van der Waals surface area contributed by atoms with Crippen LogP contribution in [0.1, 0.15) is 26.2 Å². The molecule has 5 nitrogen and oxygen atoms in total. The lowest BCUT2D eigenvalue weighted by atomic mass is 10.2. The fourth-order valence-electron chi connectivity index (χ4n) is 3.01. The monoisotopic (exact) mass is 366 g/mol. The minimum atomic E-state index is 0.826. The van der Waals surface area contributed by atoms with E-state index in [9.17, 15) is 0 Å². The van der Waals surface area contributed by atoms with Gasteiger partial charge in [0.15, 0.2) is 5.96 Å². The molecule has 0 radical (unpaired) electrons. The summed E-state index contributed by atoms with van der Waals surface area (Å²) in [6.07, 6.45) is 3.38. The average Bonchev–Trinajstić information content (AvgIpc) is 2.64. The van der Waals surface area contributed by atoms with Crippen LogP contribution in [0.3, 0.4) is 0 Å². The van der Waals surface area contributed by atoms with Crippen LogP contribution in [0, 0.1) is 0 Å². The molecule has 0 saturated carbocycles. The lowest BCUT2D eigenvalue weighted by molar-refractivity contribution is 0.192. The van der Waals surface area contributed by atoms with Crippen molar-refractivity contribution in [2.45, 2.75) is 26.2 Å². The smallest absolute Gasteiger partial charge is 0.194 e. The molecule has 0 spiro atoms. The Balaban J connectivity index is 1.83. The molecule has 1 heterocycles. The fourth-order valence-corrected chi connectivity index (χ4v) is 3.27. The van der Waals surface area contributed by atoms with Gasteiger partial charge < -0.3 is 19.9 Å². The number of methoxy groups -OCH3 is 1. The minimum Gasteiger partial charge on any atom is -0.385 e. The number of unbranched alkanes of at least 4 members (excludes halogenated alkanes) is 2. The number of benzene rings is 1. The molecule has 1 aliphatic rings. The van der Waals surface area contributed by atoms with Gasteiger partial charge in [0.2, 0.25) is 0 Å². The van der Waals surface area contributed by atoms with Crippen molar-refractivity contribution in [3.05, 3.63) is 29.3 Å². The van der Waals surface area contributed by atoms with Crippen molar-refractivity contribution in [3.63, 3.8) is 0 Å². The molecule has 0 amide bonds. The molecule has 0 aromatic heterocycles.